The molecule has 1 heteroatoms. The smallest absolute Gasteiger partial charge is 0.0115 e. The molecule has 0 aliphatic heterocycles. The highest BCUT2D eigenvalue weighted by Gasteiger charge is 2.35. The van der Waals surface area contributed by atoms with Gasteiger partial charge in [-0.1, -0.05) is 31.2 Å². The number of hydrogen-bond acceptors (Lipinski definition) is 1. The molecule has 0 unspecified atom stereocenters. The van der Waals surface area contributed by atoms with Crippen LogP contribution in [0.3, 0.4) is 0 Å². The SMILES string of the molecule is CCc1ccccc1[C@@H]1C[C@@H]1N. The van der Waals surface area contributed by atoms with Crippen molar-refractivity contribution in [1.82, 2.24) is 0 Å². The lowest BCUT2D eigenvalue weighted by atomic mass is 10.0. The molecule has 0 radical (unpaired) electrons. The first-order valence-electron chi connectivity index (χ1n) is 4.66. The van der Waals surface area contributed by atoms with Crippen molar-refractivity contribution >= 4 is 0 Å². The van der Waals surface area contributed by atoms with Crippen LogP contribution in [0.25, 0.3) is 0 Å². The standard InChI is InChI=1S/C11H15N/c1-2-8-5-3-4-6-9(8)10-7-11(10)12/h3-6,10-11H,2,7,12H2,1H3/t10-,11-/m0/s1. The quantitative estimate of drug-likeness (QED) is 0.706. The normalized spacial score (nSPS) is 27.2. The Kier molecular flexibility index (Phi) is 1.89. The largest absolute Gasteiger partial charge is 0.327 e. The Labute approximate surface area is 73.6 Å². The molecule has 1 aliphatic rings. The Hall–Kier alpha value is -0.820. The van der Waals surface area contributed by atoms with Crippen LogP contribution in [0.2, 0.25) is 0 Å². The third-order valence-corrected chi connectivity index (χ3v) is 2.68. The van der Waals surface area contributed by atoms with E-state index in [1.165, 1.54) is 17.5 Å². The zero-order valence-corrected chi connectivity index (χ0v) is 7.46. The topological polar surface area (TPSA) is 26.0 Å². The summed E-state index contributed by atoms with van der Waals surface area (Å²) >= 11 is 0. The van der Waals surface area contributed by atoms with Crippen LogP contribution < -0.4 is 5.73 Å². The van der Waals surface area contributed by atoms with Crippen LogP contribution >= 0.6 is 0 Å². The van der Waals surface area contributed by atoms with Gasteiger partial charge in [-0.15, -0.1) is 0 Å². The molecule has 64 valence electrons. The highest BCUT2D eigenvalue weighted by Crippen LogP contribution is 2.40. The first-order valence-corrected chi connectivity index (χ1v) is 4.66. The van der Waals surface area contributed by atoms with Gasteiger partial charge < -0.3 is 5.73 Å². The van der Waals surface area contributed by atoms with Crippen molar-refractivity contribution in [1.29, 1.82) is 0 Å². The lowest BCUT2D eigenvalue weighted by molar-refractivity contribution is 0.960. The van der Waals surface area contributed by atoms with Crippen molar-refractivity contribution in [3.63, 3.8) is 0 Å². The fraction of sp³-hybridized carbons (Fsp3) is 0.455. The summed E-state index contributed by atoms with van der Waals surface area (Å²) in [5.41, 5.74) is 8.77. The minimum atomic E-state index is 0.428. The van der Waals surface area contributed by atoms with Gasteiger partial charge in [0.2, 0.25) is 0 Å². The Morgan fingerprint density at radius 1 is 1.42 bits per heavy atom. The molecule has 0 heterocycles. The van der Waals surface area contributed by atoms with Crippen LogP contribution in [0, 0.1) is 0 Å². The second-order valence-electron chi connectivity index (χ2n) is 3.56. The van der Waals surface area contributed by atoms with Gasteiger partial charge in [-0.2, -0.15) is 0 Å². The zero-order chi connectivity index (χ0) is 8.55. The van der Waals surface area contributed by atoms with Crippen LogP contribution in [0.1, 0.15) is 30.4 Å². The molecule has 1 aliphatic carbocycles. The average molecular weight is 161 g/mol. The van der Waals surface area contributed by atoms with Crippen molar-refractivity contribution in [2.24, 2.45) is 5.73 Å². The molecule has 1 aromatic carbocycles. The fourth-order valence-corrected chi connectivity index (χ4v) is 1.79. The van der Waals surface area contributed by atoms with Gasteiger partial charge in [-0.05, 0) is 24.0 Å². The molecule has 0 saturated heterocycles. The molecule has 0 amide bonds. The summed E-state index contributed by atoms with van der Waals surface area (Å²) in [6.07, 6.45) is 2.30. The average Bonchev–Trinajstić information content (AvgIpc) is 2.83. The Balaban J connectivity index is 2.29. The maximum atomic E-state index is 5.82. The molecule has 0 aromatic heterocycles. The van der Waals surface area contributed by atoms with Gasteiger partial charge in [-0.25, -0.2) is 0 Å². The van der Waals surface area contributed by atoms with E-state index in [1.807, 2.05) is 0 Å². The molecule has 12 heavy (non-hydrogen) atoms. The van der Waals surface area contributed by atoms with E-state index in [0.29, 0.717) is 12.0 Å². The lowest BCUT2D eigenvalue weighted by Gasteiger charge is -2.05. The molecule has 2 atom stereocenters. The second-order valence-corrected chi connectivity index (χ2v) is 3.56. The number of aryl methyl sites for hydroxylation is 1. The maximum Gasteiger partial charge on any atom is 0.0115 e. The van der Waals surface area contributed by atoms with Crippen LogP contribution in [-0.2, 0) is 6.42 Å². The Morgan fingerprint density at radius 3 is 2.67 bits per heavy atom. The van der Waals surface area contributed by atoms with E-state index in [-0.39, 0.29) is 0 Å². The van der Waals surface area contributed by atoms with Crippen LogP contribution in [0.4, 0.5) is 0 Å². The highest BCUT2D eigenvalue weighted by atomic mass is 14.7. The molecule has 2 rings (SSSR count). The van der Waals surface area contributed by atoms with Gasteiger partial charge in [-0.3, -0.25) is 0 Å². The first-order chi connectivity index (χ1) is 5.83. The molecule has 2 N–H and O–H groups in total. The van der Waals surface area contributed by atoms with Gasteiger partial charge in [0.1, 0.15) is 0 Å². The van der Waals surface area contributed by atoms with E-state index >= 15 is 0 Å². The molecule has 1 aromatic rings. The monoisotopic (exact) mass is 161 g/mol. The Bertz CT molecular complexity index is 280. The van der Waals surface area contributed by atoms with Crippen molar-refractivity contribution in [3.8, 4) is 0 Å². The summed E-state index contributed by atoms with van der Waals surface area (Å²) in [4.78, 5) is 0. The molecular formula is C11H15N. The van der Waals surface area contributed by atoms with Crippen LogP contribution in [0.15, 0.2) is 24.3 Å². The second kappa shape index (κ2) is 2.91. The molecule has 1 nitrogen and oxygen atoms in total. The minimum absolute atomic E-state index is 0.428. The zero-order valence-electron chi connectivity index (χ0n) is 7.46. The van der Waals surface area contributed by atoms with Crippen molar-refractivity contribution in [2.45, 2.75) is 31.7 Å². The molecule has 0 bridgehead atoms. The summed E-state index contributed by atoms with van der Waals surface area (Å²) in [7, 11) is 0. The number of nitrogens with two attached hydrogens (primary N) is 1. The van der Waals surface area contributed by atoms with Crippen LogP contribution in [-0.4, -0.2) is 6.04 Å². The van der Waals surface area contributed by atoms with E-state index in [4.69, 9.17) is 5.73 Å². The molecular weight excluding hydrogens is 146 g/mol. The summed E-state index contributed by atoms with van der Waals surface area (Å²) < 4.78 is 0. The summed E-state index contributed by atoms with van der Waals surface area (Å²) in [5.74, 6) is 0.654. The van der Waals surface area contributed by atoms with E-state index < -0.39 is 0 Å². The summed E-state index contributed by atoms with van der Waals surface area (Å²) in [5, 5.41) is 0. The fourth-order valence-electron chi connectivity index (χ4n) is 1.79. The number of hydrogen-bond donors (Lipinski definition) is 1. The predicted octanol–water partition coefficient (Wildman–Crippen LogP) is 2.06. The lowest BCUT2D eigenvalue weighted by Crippen LogP contribution is -2.02. The van der Waals surface area contributed by atoms with Crippen molar-refractivity contribution < 1.29 is 0 Å². The van der Waals surface area contributed by atoms with E-state index in [0.717, 1.165) is 6.42 Å². The summed E-state index contributed by atoms with van der Waals surface area (Å²) in [6.45, 7) is 2.20. The van der Waals surface area contributed by atoms with E-state index in [2.05, 4.69) is 31.2 Å². The van der Waals surface area contributed by atoms with Gasteiger partial charge in [0.05, 0.1) is 0 Å². The molecule has 1 saturated carbocycles. The van der Waals surface area contributed by atoms with Gasteiger partial charge >= 0.3 is 0 Å². The Morgan fingerprint density at radius 2 is 2.08 bits per heavy atom. The maximum absolute atomic E-state index is 5.82. The summed E-state index contributed by atoms with van der Waals surface area (Å²) in [6, 6.07) is 9.07. The number of rotatable bonds is 2. The van der Waals surface area contributed by atoms with Crippen molar-refractivity contribution in [3.05, 3.63) is 35.4 Å². The first kappa shape index (κ1) is 7.81. The van der Waals surface area contributed by atoms with Gasteiger partial charge in [0.25, 0.3) is 0 Å². The van der Waals surface area contributed by atoms with E-state index in [9.17, 15) is 0 Å². The van der Waals surface area contributed by atoms with E-state index in [1.54, 1.807) is 0 Å². The highest BCUT2D eigenvalue weighted by molar-refractivity contribution is 5.35. The van der Waals surface area contributed by atoms with Crippen LogP contribution in [0.5, 0.6) is 0 Å². The third kappa shape index (κ3) is 1.25. The number of benzene rings is 1. The van der Waals surface area contributed by atoms with Gasteiger partial charge in [0.15, 0.2) is 0 Å². The minimum Gasteiger partial charge on any atom is -0.327 e. The molecule has 0 spiro atoms. The van der Waals surface area contributed by atoms with Gasteiger partial charge in [0, 0.05) is 12.0 Å². The molecule has 1 fully saturated rings. The predicted molar refractivity (Wildman–Crippen MR) is 51.2 cm³/mol. The third-order valence-electron chi connectivity index (χ3n) is 2.68. The van der Waals surface area contributed by atoms with Crippen molar-refractivity contribution in [2.75, 3.05) is 0 Å².